The molecule has 2 fully saturated rings. The summed E-state index contributed by atoms with van der Waals surface area (Å²) in [5, 5.41) is 2.86. The van der Waals surface area contributed by atoms with Gasteiger partial charge in [-0.25, -0.2) is 0 Å². The van der Waals surface area contributed by atoms with Crippen molar-refractivity contribution in [2.75, 3.05) is 32.7 Å². The fraction of sp³-hybridized carbons (Fsp3) is 0.846. The number of nitrogens with zero attached hydrogens (tertiary/aromatic N) is 2. The molecule has 0 bridgehead atoms. The smallest absolute Gasteiger partial charge is 0.245 e. The van der Waals surface area contributed by atoms with Crippen LogP contribution in [0, 0.1) is 0 Å². The quantitative estimate of drug-likeness (QED) is 0.765. The summed E-state index contributed by atoms with van der Waals surface area (Å²) in [6, 6.07) is -0.284. The number of piperazine rings is 1. The van der Waals surface area contributed by atoms with E-state index < -0.39 is 0 Å². The molecule has 1 unspecified atom stereocenters. The van der Waals surface area contributed by atoms with Crippen LogP contribution in [0.25, 0.3) is 0 Å². The maximum Gasteiger partial charge on any atom is 0.245 e. The van der Waals surface area contributed by atoms with Gasteiger partial charge in [0.15, 0.2) is 0 Å². The number of likely N-dealkylation sites (N-methyl/N-ethyl adjacent to an activating group) is 1. The van der Waals surface area contributed by atoms with Crippen molar-refractivity contribution in [1.29, 1.82) is 0 Å². The molecule has 5 heteroatoms. The van der Waals surface area contributed by atoms with Crippen molar-refractivity contribution in [3.8, 4) is 0 Å². The summed E-state index contributed by atoms with van der Waals surface area (Å²) >= 11 is 0. The normalized spacial score (nSPS) is 26.6. The van der Waals surface area contributed by atoms with Crippen molar-refractivity contribution in [3.05, 3.63) is 0 Å². The average molecular weight is 253 g/mol. The predicted octanol–water partition coefficient (Wildman–Crippen LogP) is 0.209. The summed E-state index contributed by atoms with van der Waals surface area (Å²) in [6.07, 6.45) is 3.22. The van der Waals surface area contributed by atoms with E-state index in [4.69, 9.17) is 0 Å². The van der Waals surface area contributed by atoms with Gasteiger partial charge in [-0.3, -0.25) is 9.59 Å². The molecule has 5 nitrogen and oxygen atoms in total. The first kappa shape index (κ1) is 13.3. The minimum absolute atomic E-state index is 0.0260. The van der Waals surface area contributed by atoms with E-state index in [1.54, 1.807) is 0 Å². The van der Waals surface area contributed by atoms with E-state index in [9.17, 15) is 9.59 Å². The first-order valence-corrected chi connectivity index (χ1v) is 7.01. The van der Waals surface area contributed by atoms with E-state index >= 15 is 0 Å². The fourth-order valence-electron chi connectivity index (χ4n) is 2.66. The largest absolute Gasteiger partial charge is 0.344 e. The van der Waals surface area contributed by atoms with Gasteiger partial charge in [0.25, 0.3) is 0 Å². The summed E-state index contributed by atoms with van der Waals surface area (Å²) in [5.41, 5.74) is 0. The number of hydrogen-bond donors (Lipinski definition) is 1. The summed E-state index contributed by atoms with van der Waals surface area (Å²) in [7, 11) is 0. The minimum Gasteiger partial charge on any atom is -0.344 e. The Morgan fingerprint density at radius 1 is 1.28 bits per heavy atom. The molecule has 0 radical (unpaired) electrons. The summed E-state index contributed by atoms with van der Waals surface area (Å²) in [6.45, 7) is 6.66. The van der Waals surface area contributed by atoms with Gasteiger partial charge < -0.3 is 15.1 Å². The van der Waals surface area contributed by atoms with Gasteiger partial charge in [0.2, 0.25) is 11.8 Å². The number of hydrogen-bond acceptors (Lipinski definition) is 3. The number of carbonyl (C=O) groups is 2. The predicted molar refractivity (Wildman–Crippen MR) is 69.1 cm³/mol. The Kier molecular flexibility index (Phi) is 4.58. The van der Waals surface area contributed by atoms with E-state index in [0.29, 0.717) is 6.42 Å². The Morgan fingerprint density at radius 2 is 2.00 bits per heavy atom. The van der Waals surface area contributed by atoms with Crippen LogP contribution in [0.15, 0.2) is 0 Å². The second-order valence-corrected chi connectivity index (χ2v) is 5.13. The monoisotopic (exact) mass is 253 g/mol. The molecule has 2 heterocycles. The molecule has 1 N–H and O–H groups in total. The van der Waals surface area contributed by atoms with E-state index in [-0.39, 0.29) is 17.9 Å². The van der Waals surface area contributed by atoms with Gasteiger partial charge in [-0.05, 0) is 19.4 Å². The summed E-state index contributed by atoms with van der Waals surface area (Å²) in [5.74, 6) is 0.138. The maximum absolute atomic E-state index is 12.3. The third-order valence-corrected chi connectivity index (χ3v) is 3.91. The molecule has 0 saturated carbocycles. The van der Waals surface area contributed by atoms with Gasteiger partial charge in [-0.2, -0.15) is 0 Å². The van der Waals surface area contributed by atoms with E-state index in [0.717, 1.165) is 52.0 Å². The summed E-state index contributed by atoms with van der Waals surface area (Å²) < 4.78 is 0. The number of nitrogens with one attached hydrogen (secondary N) is 1. The molecule has 2 rings (SSSR count). The van der Waals surface area contributed by atoms with Gasteiger partial charge in [0.1, 0.15) is 6.04 Å². The second kappa shape index (κ2) is 6.18. The molecule has 1 atom stereocenters. The lowest BCUT2D eigenvalue weighted by Crippen LogP contribution is -2.54. The van der Waals surface area contributed by atoms with Gasteiger partial charge in [-0.15, -0.1) is 0 Å². The molecule has 0 aliphatic carbocycles. The maximum atomic E-state index is 12.3. The van der Waals surface area contributed by atoms with Crippen molar-refractivity contribution >= 4 is 11.8 Å². The molecule has 2 aliphatic heterocycles. The molecular weight excluding hydrogens is 230 g/mol. The standard InChI is InChI=1S/C13H23N3O2/c1-2-15-7-9-16(10-8-15)13(18)11-5-3-4-6-12(17)14-11/h11H,2-10H2,1H3,(H,14,17). The molecule has 2 saturated heterocycles. The van der Waals surface area contributed by atoms with E-state index in [1.165, 1.54) is 0 Å². The Bertz CT molecular complexity index is 311. The molecule has 0 aromatic heterocycles. The molecule has 2 amide bonds. The Labute approximate surface area is 108 Å². The third-order valence-electron chi connectivity index (χ3n) is 3.91. The molecule has 0 aromatic carbocycles. The SMILES string of the molecule is CCN1CCN(C(=O)C2CCCCC(=O)N2)CC1. The van der Waals surface area contributed by atoms with Crippen LogP contribution in [-0.2, 0) is 9.59 Å². The highest BCUT2D eigenvalue weighted by Crippen LogP contribution is 2.13. The topological polar surface area (TPSA) is 52.7 Å². The highest BCUT2D eigenvalue weighted by atomic mass is 16.2. The van der Waals surface area contributed by atoms with E-state index in [1.807, 2.05) is 4.90 Å². The van der Waals surface area contributed by atoms with Crippen molar-refractivity contribution in [2.45, 2.75) is 38.6 Å². The lowest BCUT2D eigenvalue weighted by atomic mass is 10.1. The van der Waals surface area contributed by atoms with Gasteiger partial charge in [-0.1, -0.05) is 13.3 Å². The zero-order chi connectivity index (χ0) is 13.0. The number of carbonyl (C=O) groups excluding carboxylic acids is 2. The molecule has 0 aromatic rings. The third kappa shape index (κ3) is 3.22. The molecule has 102 valence electrons. The molecule has 2 aliphatic rings. The summed E-state index contributed by atoms with van der Waals surface area (Å²) in [4.78, 5) is 28.1. The van der Waals surface area contributed by atoms with Crippen molar-refractivity contribution in [3.63, 3.8) is 0 Å². The van der Waals surface area contributed by atoms with E-state index in [2.05, 4.69) is 17.1 Å². The van der Waals surface area contributed by atoms with Gasteiger partial charge in [0.05, 0.1) is 0 Å². The Hall–Kier alpha value is -1.10. The highest BCUT2D eigenvalue weighted by molar-refractivity contribution is 5.88. The van der Waals surface area contributed by atoms with Crippen LogP contribution in [-0.4, -0.2) is 60.4 Å². The van der Waals surface area contributed by atoms with Crippen LogP contribution in [0.4, 0.5) is 0 Å². The zero-order valence-electron chi connectivity index (χ0n) is 11.2. The number of rotatable bonds is 2. The fourth-order valence-corrected chi connectivity index (χ4v) is 2.66. The van der Waals surface area contributed by atoms with Crippen LogP contribution >= 0.6 is 0 Å². The Balaban J connectivity index is 1.88. The van der Waals surface area contributed by atoms with Crippen LogP contribution in [0.3, 0.4) is 0 Å². The first-order chi connectivity index (χ1) is 8.70. The first-order valence-electron chi connectivity index (χ1n) is 7.01. The van der Waals surface area contributed by atoms with Gasteiger partial charge in [0, 0.05) is 32.6 Å². The molecular formula is C13H23N3O2. The van der Waals surface area contributed by atoms with Crippen LogP contribution in [0.1, 0.15) is 32.6 Å². The van der Waals surface area contributed by atoms with Crippen molar-refractivity contribution < 1.29 is 9.59 Å². The molecule has 0 spiro atoms. The average Bonchev–Trinajstić information content (AvgIpc) is 2.63. The Morgan fingerprint density at radius 3 is 2.67 bits per heavy atom. The van der Waals surface area contributed by atoms with Crippen molar-refractivity contribution in [2.24, 2.45) is 0 Å². The van der Waals surface area contributed by atoms with Crippen LogP contribution in [0.2, 0.25) is 0 Å². The van der Waals surface area contributed by atoms with Crippen LogP contribution in [0.5, 0.6) is 0 Å². The van der Waals surface area contributed by atoms with Crippen LogP contribution < -0.4 is 5.32 Å². The van der Waals surface area contributed by atoms with Gasteiger partial charge >= 0.3 is 0 Å². The van der Waals surface area contributed by atoms with Crippen molar-refractivity contribution in [1.82, 2.24) is 15.1 Å². The lowest BCUT2D eigenvalue weighted by Gasteiger charge is -2.35. The highest BCUT2D eigenvalue weighted by Gasteiger charge is 2.29. The minimum atomic E-state index is -0.284. The second-order valence-electron chi connectivity index (χ2n) is 5.13. The number of amides is 2. The lowest BCUT2D eigenvalue weighted by molar-refractivity contribution is -0.137. The zero-order valence-corrected chi connectivity index (χ0v) is 11.2. The molecule has 18 heavy (non-hydrogen) atoms.